The number of thioether (sulfide) groups is 1. The first-order valence-corrected chi connectivity index (χ1v) is 10.2. The Kier molecular flexibility index (Phi) is 6.07. The molecule has 0 aliphatic carbocycles. The summed E-state index contributed by atoms with van der Waals surface area (Å²) in [6.45, 7) is 2.11. The smallest absolute Gasteiger partial charge is 0.271 e. The Morgan fingerprint density at radius 2 is 1.93 bits per heavy atom. The number of phenols is 1. The van der Waals surface area contributed by atoms with E-state index in [1.165, 1.54) is 11.0 Å². The molecule has 1 amide bonds. The van der Waals surface area contributed by atoms with Crippen LogP contribution >= 0.6 is 11.8 Å². The number of aliphatic hydroxyl groups is 1. The summed E-state index contributed by atoms with van der Waals surface area (Å²) in [5.74, 6) is -1.12. The highest BCUT2D eigenvalue weighted by Crippen LogP contribution is 2.29. The van der Waals surface area contributed by atoms with Crippen LogP contribution in [0.1, 0.15) is 21.5 Å². The Balaban J connectivity index is 2.00. The predicted molar refractivity (Wildman–Crippen MR) is 109 cm³/mol. The molecule has 2 atom stereocenters. The number of ketones is 1. The Morgan fingerprint density at radius 3 is 2.57 bits per heavy atom. The fourth-order valence-corrected chi connectivity index (χ4v) is 4.30. The average Bonchev–Trinajstić information content (AvgIpc) is 3.22. The third-order valence-corrected chi connectivity index (χ3v) is 6.05. The zero-order valence-corrected chi connectivity index (χ0v) is 16.5. The second kappa shape index (κ2) is 8.34. The number of hydrogen-bond acceptors (Lipinski definition) is 6. The number of amides is 1. The van der Waals surface area contributed by atoms with Gasteiger partial charge in [-0.15, -0.1) is 11.8 Å². The highest BCUT2D eigenvalue weighted by atomic mass is 32.2. The van der Waals surface area contributed by atoms with E-state index in [4.69, 9.17) is 5.73 Å². The molecule has 0 spiro atoms. The van der Waals surface area contributed by atoms with E-state index in [9.17, 15) is 19.8 Å². The van der Waals surface area contributed by atoms with Gasteiger partial charge in [-0.05, 0) is 25.0 Å². The van der Waals surface area contributed by atoms with Crippen molar-refractivity contribution in [3.8, 4) is 5.75 Å². The molecule has 148 valence electrons. The minimum absolute atomic E-state index is 0.0212. The van der Waals surface area contributed by atoms with Crippen LogP contribution in [0.15, 0.2) is 48.5 Å². The number of hydrogen-bond donors (Lipinski definition) is 3. The van der Waals surface area contributed by atoms with Crippen LogP contribution in [0.3, 0.4) is 0 Å². The first-order chi connectivity index (χ1) is 13.3. The molecule has 3 rings (SSSR count). The lowest BCUT2D eigenvalue weighted by molar-refractivity contribution is -0.153. The Labute approximate surface area is 168 Å². The molecule has 2 aromatic rings. The minimum Gasteiger partial charge on any atom is -0.508 e. The van der Waals surface area contributed by atoms with Gasteiger partial charge < -0.3 is 15.1 Å². The van der Waals surface area contributed by atoms with Gasteiger partial charge in [0.2, 0.25) is 5.72 Å². The van der Waals surface area contributed by atoms with Crippen molar-refractivity contribution in [1.29, 1.82) is 0 Å². The molecule has 7 heteroatoms. The molecular formula is C21H24N2O4S. The fourth-order valence-electron chi connectivity index (χ4n) is 3.35. The van der Waals surface area contributed by atoms with Gasteiger partial charge in [0.1, 0.15) is 5.75 Å². The topological polar surface area (TPSA) is 104 Å². The van der Waals surface area contributed by atoms with Crippen molar-refractivity contribution in [2.45, 2.75) is 19.1 Å². The quantitative estimate of drug-likeness (QED) is 0.506. The number of benzene rings is 2. The van der Waals surface area contributed by atoms with Gasteiger partial charge >= 0.3 is 0 Å². The average molecular weight is 401 g/mol. The molecule has 0 saturated carbocycles. The van der Waals surface area contributed by atoms with Crippen molar-refractivity contribution in [3.05, 3.63) is 65.2 Å². The van der Waals surface area contributed by atoms with Crippen LogP contribution in [-0.2, 0) is 11.2 Å². The lowest BCUT2D eigenvalue weighted by atomic mass is 9.81. The lowest BCUT2D eigenvalue weighted by Gasteiger charge is -2.33. The minimum atomic E-state index is -2.35. The third kappa shape index (κ3) is 4.06. The highest BCUT2D eigenvalue weighted by Gasteiger charge is 2.47. The van der Waals surface area contributed by atoms with E-state index in [1.807, 2.05) is 30.3 Å². The van der Waals surface area contributed by atoms with Gasteiger partial charge in [0.25, 0.3) is 5.91 Å². The molecule has 28 heavy (non-hydrogen) atoms. The van der Waals surface area contributed by atoms with Gasteiger partial charge in [0, 0.05) is 23.4 Å². The van der Waals surface area contributed by atoms with Gasteiger partial charge in [0.15, 0.2) is 5.78 Å². The summed E-state index contributed by atoms with van der Waals surface area (Å²) in [5.41, 5.74) is 5.20. The van der Waals surface area contributed by atoms with Crippen LogP contribution in [0.4, 0.5) is 0 Å². The van der Waals surface area contributed by atoms with E-state index < -0.39 is 23.3 Å². The highest BCUT2D eigenvalue weighted by molar-refractivity contribution is 7.99. The third-order valence-electron chi connectivity index (χ3n) is 5.08. The van der Waals surface area contributed by atoms with Crippen LogP contribution in [0.2, 0.25) is 0 Å². The maximum Gasteiger partial charge on any atom is 0.271 e. The molecular weight excluding hydrogens is 376 g/mol. The summed E-state index contributed by atoms with van der Waals surface area (Å²) in [7, 11) is 0. The number of nitrogens with two attached hydrogens (primary N) is 1. The van der Waals surface area contributed by atoms with Crippen LogP contribution in [0.5, 0.6) is 5.75 Å². The molecule has 6 nitrogen and oxygen atoms in total. The van der Waals surface area contributed by atoms with Crippen molar-refractivity contribution in [2.24, 2.45) is 11.7 Å². The molecule has 4 N–H and O–H groups in total. The van der Waals surface area contributed by atoms with Gasteiger partial charge in [-0.1, -0.05) is 42.5 Å². The van der Waals surface area contributed by atoms with E-state index in [2.05, 4.69) is 0 Å². The zero-order valence-electron chi connectivity index (χ0n) is 15.7. The number of carbonyl (C=O) groups excluding carboxylic acids is 2. The summed E-state index contributed by atoms with van der Waals surface area (Å²) in [6.07, 6.45) is 0.106. The number of aromatic hydroxyl groups is 1. The van der Waals surface area contributed by atoms with Crippen LogP contribution in [0.25, 0.3) is 0 Å². The summed E-state index contributed by atoms with van der Waals surface area (Å²) in [6, 6.07) is 13.8. The molecule has 1 aliphatic rings. The van der Waals surface area contributed by atoms with Crippen molar-refractivity contribution >= 4 is 23.5 Å². The van der Waals surface area contributed by atoms with Crippen LogP contribution in [-0.4, -0.2) is 50.7 Å². The number of rotatable bonds is 6. The summed E-state index contributed by atoms with van der Waals surface area (Å²) < 4.78 is 0. The summed E-state index contributed by atoms with van der Waals surface area (Å²) in [5, 5.41) is 21.0. The number of carbonyl (C=O) groups is 2. The van der Waals surface area contributed by atoms with Crippen LogP contribution < -0.4 is 5.73 Å². The first-order valence-electron chi connectivity index (χ1n) is 9.07. The predicted octanol–water partition coefficient (Wildman–Crippen LogP) is 1.92. The van der Waals surface area contributed by atoms with Gasteiger partial charge in [-0.3, -0.25) is 15.3 Å². The molecule has 0 aromatic heterocycles. The van der Waals surface area contributed by atoms with Crippen molar-refractivity contribution in [1.82, 2.24) is 4.90 Å². The molecule has 1 aliphatic heterocycles. The van der Waals surface area contributed by atoms with Gasteiger partial charge in [-0.2, -0.15) is 0 Å². The Morgan fingerprint density at radius 1 is 1.21 bits per heavy atom. The van der Waals surface area contributed by atoms with E-state index in [0.29, 0.717) is 18.0 Å². The van der Waals surface area contributed by atoms with Crippen LogP contribution in [0, 0.1) is 12.8 Å². The van der Waals surface area contributed by atoms with E-state index in [1.54, 1.807) is 30.8 Å². The number of phenolic OH excluding ortho intramolecular Hbond substituents is 1. The number of Topliss-reactive ketones (excluding diaryl/α,β-unsaturated/α-hetero) is 1. The van der Waals surface area contributed by atoms with E-state index >= 15 is 0 Å². The Hall–Kier alpha value is -2.35. The largest absolute Gasteiger partial charge is 0.508 e. The monoisotopic (exact) mass is 400 g/mol. The number of nitrogens with zero attached hydrogens (tertiary/aromatic N) is 1. The van der Waals surface area contributed by atoms with Gasteiger partial charge in [-0.25, -0.2) is 0 Å². The fraction of sp³-hybridized carbons (Fsp3) is 0.333. The van der Waals surface area contributed by atoms with Crippen molar-refractivity contribution in [2.75, 3.05) is 18.2 Å². The molecule has 0 unspecified atom stereocenters. The van der Waals surface area contributed by atoms with E-state index in [-0.39, 0.29) is 17.7 Å². The molecule has 0 radical (unpaired) electrons. The second-order valence-corrected chi connectivity index (χ2v) is 8.06. The summed E-state index contributed by atoms with van der Waals surface area (Å²) in [4.78, 5) is 27.8. The SMILES string of the molecule is Cc1c(O)cccc1C(=O)[C@@H](Cc1ccccc1)[C@](N)(O)C(=O)N1CCSC1. The Bertz CT molecular complexity index is 864. The molecule has 0 bridgehead atoms. The normalized spacial score (nSPS) is 17.2. The molecule has 1 saturated heterocycles. The molecule has 1 heterocycles. The maximum atomic E-state index is 13.4. The summed E-state index contributed by atoms with van der Waals surface area (Å²) >= 11 is 1.57. The molecule has 2 aromatic carbocycles. The maximum absolute atomic E-state index is 13.4. The molecule has 1 fully saturated rings. The van der Waals surface area contributed by atoms with Crippen molar-refractivity contribution < 1.29 is 19.8 Å². The van der Waals surface area contributed by atoms with E-state index in [0.717, 1.165) is 11.3 Å². The van der Waals surface area contributed by atoms with Gasteiger partial charge in [0.05, 0.1) is 11.8 Å². The second-order valence-electron chi connectivity index (χ2n) is 6.99. The lowest BCUT2D eigenvalue weighted by Crippen LogP contribution is -2.62. The first kappa shape index (κ1) is 20.4. The van der Waals surface area contributed by atoms with Crippen molar-refractivity contribution in [3.63, 3.8) is 0 Å². The standard InChI is InChI=1S/C21H24N2O4S/c1-14-16(8-5-9-18(14)24)19(25)17(12-15-6-3-2-4-7-15)21(22,27)20(26)23-10-11-28-13-23/h2-9,17,24,27H,10-13,22H2,1H3/t17-,21+/m1/s1. The zero-order chi connectivity index (χ0) is 20.3.